The lowest BCUT2D eigenvalue weighted by atomic mass is 9.87. The maximum Gasteiger partial charge on any atom is 0.00125 e. The summed E-state index contributed by atoms with van der Waals surface area (Å²) >= 11 is 0. The van der Waals surface area contributed by atoms with Crippen LogP contribution in [-0.4, -0.2) is 31.1 Å². The van der Waals surface area contributed by atoms with Gasteiger partial charge in [0, 0.05) is 13.1 Å². The third kappa shape index (κ3) is 3.20. The van der Waals surface area contributed by atoms with Gasteiger partial charge < -0.3 is 10.6 Å². The van der Waals surface area contributed by atoms with Crippen molar-refractivity contribution in [1.29, 1.82) is 0 Å². The van der Waals surface area contributed by atoms with Gasteiger partial charge in [-0.05, 0) is 75.3 Å². The molecule has 2 N–H and O–H groups in total. The first-order valence-electron chi connectivity index (χ1n) is 7.77. The highest BCUT2D eigenvalue weighted by atomic mass is 35.5. The molecule has 4 atom stereocenters. The van der Waals surface area contributed by atoms with Crippen molar-refractivity contribution in [3.63, 3.8) is 0 Å². The largest absolute Gasteiger partial charge is 0.330 e. The van der Waals surface area contributed by atoms with E-state index in [1.165, 1.54) is 51.7 Å². The average molecular weight is 273 g/mol. The van der Waals surface area contributed by atoms with E-state index in [1.807, 2.05) is 0 Å². The molecular weight excluding hydrogens is 244 g/mol. The molecule has 1 saturated heterocycles. The molecule has 2 saturated carbocycles. The second kappa shape index (κ2) is 6.58. The minimum absolute atomic E-state index is 0. The van der Waals surface area contributed by atoms with Crippen LogP contribution in [0.4, 0.5) is 0 Å². The number of hydrogen-bond donors (Lipinski definition) is 1. The van der Waals surface area contributed by atoms with E-state index in [0.717, 1.165) is 30.2 Å². The zero-order valence-corrected chi connectivity index (χ0v) is 12.3. The molecule has 0 aromatic carbocycles. The quantitative estimate of drug-likeness (QED) is 0.853. The summed E-state index contributed by atoms with van der Waals surface area (Å²) in [6.45, 7) is 4.98. The second-order valence-electron chi connectivity index (χ2n) is 6.78. The standard InChI is InChI=1S/C15H28N2.ClH/c16-6-5-12-2-1-7-17(10-12)11-15-9-13-3-4-14(15)8-13;/h12-15H,1-11,16H2;1H. The highest BCUT2D eigenvalue weighted by Crippen LogP contribution is 2.48. The van der Waals surface area contributed by atoms with Gasteiger partial charge in [0.25, 0.3) is 0 Å². The lowest BCUT2D eigenvalue weighted by molar-refractivity contribution is 0.129. The zero-order chi connectivity index (χ0) is 11.7. The molecule has 3 fully saturated rings. The molecule has 0 aromatic rings. The molecule has 0 aromatic heterocycles. The zero-order valence-electron chi connectivity index (χ0n) is 11.5. The minimum atomic E-state index is 0. The van der Waals surface area contributed by atoms with Crippen molar-refractivity contribution in [2.24, 2.45) is 29.4 Å². The number of fused-ring (bicyclic) bond motifs is 2. The Morgan fingerprint density at radius 1 is 1.11 bits per heavy atom. The van der Waals surface area contributed by atoms with Crippen molar-refractivity contribution in [2.45, 2.75) is 44.9 Å². The van der Waals surface area contributed by atoms with E-state index < -0.39 is 0 Å². The van der Waals surface area contributed by atoms with Gasteiger partial charge in [0.2, 0.25) is 0 Å². The minimum Gasteiger partial charge on any atom is -0.330 e. The van der Waals surface area contributed by atoms with Crippen molar-refractivity contribution >= 4 is 12.4 Å². The maximum absolute atomic E-state index is 5.70. The Balaban J connectivity index is 0.00000120. The van der Waals surface area contributed by atoms with Gasteiger partial charge >= 0.3 is 0 Å². The predicted octanol–water partition coefficient (Wildman–Crippen LogP) is 2.91. The van der Waals surface area contributed by atoms with Crippen LogP contribution in [0.25, 0.3) is 0 Å². The molecule has 3 heteroatoms. The Kier molecular flexibility index (Phi) is 5.35. The molecule has 18 heavy (non-hydrogen) atoms. The van der Waals surface area contributed by atoms with Crippen LogP contribution in [-0.2, 0) is 0 Å². The van der Waals surface area contributed by atoms with Crippen LogP contribution >= 0.6 is 12.4 Å². The van der Waals surface area contributed by atoms with Gasteiger partial charge in [-0.2, -0.15) is 0 Å². The van der Waals surface area contributed by atoms with Gasteiger partial charge in [0.1, 0.15) is 0 Å². The van der Waals surface area contributed by atoms with Gasteiger partial charge in [-0.3, -0.25) is 0 Å². The molecule has 3 aliphatic rings. The molecule has 1 heterocycles. The molecular formula is C15H29ClN2. The number of nitrogens with two attached hydrogens (primary N) is 1. The van der Waals surface area contributed by atoms with E-state index in [-0.39, 0.29) is 12.4 Å². The summed E-state index contributed by atoms with van der Waals surface area (Å²) in [5.41, 5.74) is 5.70. The normalized spacial score (nSPS) is 39.8. The van der Waals surface area contributed by atoms with E-state index >= 15 is 0 Å². The smallest absolute Gasteiger partial charge is 0.00125 e. The molecule has 2 nitrogen and oxygen atoms in total. The molecule has 2 bridgehead atoms. The number of likely N-dealkylation sites (tertiary alicyclic amines) is 1. The van der Waals surface area contributed by atoms with Crippen molar-refractivity contribution < 1.29 is 0 Å². The molecule has 0 spiro atoms. The molecule has 4 unspecified atom stereocenters. The fourth-order valence-electron chi connectivity index (χ4n) is 4.72. The Labute approximate surface area is 118 Å². The van der Waals surface area contributed by atoms with E-state index in [2.05, 4.69) is 4.90 Å². The molecule has 1 aliphatic heterocycles. The fourth-order valence-corrected chi connectivity index (χ4v) is 4.72. The van der Waals surface area contributed by atoms with Gasteiger partial charge in [0.05, 0.1) is 0 Å². The van der Waals surface area contributed by atoms with Crippen LogP contribution in [0.1, 0.15) is 44.9 Å². The van der Waals surface area contributed by atoms with Gasteiger partial charge in [-0.25, -0.2) is 0 Å². The first kappa shape index (κ1) is 14.6. The van der Waals surface area contributed by atoms with Crippen LogP contribution in [0, 0.1) is 23.7 Å². The topological polar surface area (TPSA) is 29.3 Å². The monoisotopic (exact) mass is 272 g/mol. The first-order chi connectivity index (χ1) is 8.35. The predicted molar refractivity (Wildman–Crippen MR) is 79.0 cm³/mol. The van der Waals surface area contributed by atoms with Gasteiger partial charge in [-0.15, -0.1) is 12.4 Å². The van der Waals surface area contributed by atoms with E-state index in [1.54, 1.807) is 12.8 Å². The summed E-state index contributed by atoms with van der Waals surface area (Å²) in [6.07, 6.45) is 10.3. The number of halogens is 1. The van der Waals surface area contributed by atoms with Crippen molar-refractivity contribution in [3.8, 4) is 0 Å². The Morgan fingerprint density at radius 3 is 2.67 bits per heavy atom. The Hall–Kier alpha value is 0.210. The molecule has 0 amide bonds. The summed E-state index contributed by atoms with van der Waals surface area (Å²) in [6, 6.07) is 0. The SMILES string of the molecule is Cl.NCCC1CCCN(CC2CC3CCC2C3)C1. The average Bonchev–Trinajstić information content (AvgIpc) is 2.92. The first-order valence-corrected chi connectivity index (χ1v) is 7.77. The van der Waals surface area contributed by atoms with Crippen LogP contribution in [0.5, 0.6) is 0 Å². The lowest BCUT2D eigenvalue weighted by Crippen LogP contribution is -2.40. The molecule has 0 radical (unpaired) electrons. The summed E-state index contributed by atoms with van der Waals surface area (Å²) in [4.78, 5) is 2.76. The second-order valence-corrected chi connectivity index (χ2v) is 6.78. The third-order valence-electron chi connectivity index (χ3n) is 5.56. The van der Waals surface area contributed by atoms with Gasteiger partial charge in [0.15, 0.2) is 0 Å². The highest BCUT2D eigenvalue weighted by molar-refractivity contribution is 5.85. The third-order valence-corrected chi connectivity index (χ3v) is 5.56. The summed E-state index contributed by atoms with van der Waals surface area (Å²) in [5, 5.41) is 0. The van der Waals surface area contributed by atoms with E-state index in [0.29, 0.717) is 0 Å². The van der Waals surface area contributed by atoms with Crippen molar-refractivity contribution in [1.82, 2.24) is 4.90 Å². The number of piperidine rings is 1. The van der Waals surface area contributed by atoms with E-state index in [9.17, 15) is 0 Å². The number of nitrogens with zero attached hydrogens (tertiary/aromatic N) is 1. The lowest BCUT2D eigenvalue weighted by Gasteiger charge is -2.36. The molecule has 3 rings (SSSR count). The van der Waals surface area contributed by atoms with Crippen LogP contribution < -0.4 is 5.73 Å². The Morgan fingerprint density at radius 2 is 2.00 bits per heavy atom. The van der Waals surface area contributed by atoms with Crippen LogP contribution in [0.3, 0.4) is 0 Å². The fraction of sp³-hybridized carbons (Fsp3) is 1.00. The number of rotatable bonds is 4. The summed E-state index contributed by atoms with van der Waals surface area (Å²) < 4.78 is 0. The molecule has 106 valence electrons. The Bertz CT molecular complexity index is 257. The van der Waals surface area contributed by atoms with Crippen molar-refractivity contribution in [3.05, 3.63) is 0 Å². The molecule has 2 aliphatic carbocycles. The maximum atomic E-state index is 5.70. The van der Waals surface area contributed by atoms with Gasteiger partial charge in [-0.1, -0.05) is 6.42 Å². The highest BCUT2D eigenvalue weighted by Gasteiger charge is 2.40. The van der Waals surface area contributed by atoms with Crippen molar-refractivity contribution in [2.75, 3.05) is 26.2 Å². The van der Waals surface area contributed by atoms with E-state index in [4.69, 9.17) is 5.73 Å². The van der Waals surface area contributed by atoms with Crippen LogP contribution in [0.2, 0.25) is 0 Å². The summed E-state index contributed by atoms with van der Waals surface area (Å²) in [7, 11) is 0. The summed E-state index contributed by atoms with van der Waals surface area (Å²) in [5.74, 6) is 4.14. The number of hydrogen-bond acceptors (Lipinski definition) is 2. The van der Waals surface area contributed by atoms with Crippen LogP contribution in [0.15, 0.2) is 0 Å².